The van der Waals surface area contributed by atoms with Crippen molar-refractivity contribution in [2.45, 2.75) is 52.6 Å². The first kappa shape index (κ1) is 20.9. The van der Waals surface area contributed by atoms with Crippen molar-refractivity contribution in [2.75, 3.05) is 31.0 Å². The highest BCUT2D eigenvalue weighted by Gasteiger charge is 2.22. The van der Waals surface area contributed by atoms with Gasteiger partial charge >= 0.3 is 0 Å². The fourth-order valence-corrected chi connectivity index (χ4v) is 3.59. The SMILES string of the molecule is CCC(CC)N(C)c1nc(N(C)c2ccc(OC)cc2)c2ncn(C(C)C)c2n1. The lowest BCUT2D eigenvalue weighted by atomic mass is 10.1. The number of anilines is 3. The molecule has 3 rings (SSSR count). The molecule has 2 heterocycles. The fourth-order valence-electron chi connectivity index (χ4n) is 3.59. The fraction of sp³-hybridized carbons (Fsp3) is 0.500. The summed E-state index contributed by atoms with van der Waals surface area (Å²) in [5, 5.41) is 0. The standard InChI is InChI=1S/C22H32N6O/c1-8-16(9-2)27(6)22-24-20(19-21(25-22)28(14-23-19)15(3)4)26(5)17-10-12-18(29-7)13-11-17/h10-16H,8-9H2,1-7H3. The molecule has 0 aliphatic rings. The van der Waals surface area contributed by atoms with E-state index in [1.807, 2.05) is 37.6 Å². The topological polar surface area (TPSA) is 59.3 Å². The lowest BCUT2D eigenvalue weighted by Gasteiger charge is -2.28. The van der Waals surface area contributed by atoms with Crippen LogP contribution in [0.2, 0.25) is 0 Å². The van der Waals surface area contributed by atoms with Gasteiger partial charge in [0.15, 0.2) is 17.0 Å². The molecule has 0 atom stereocenters. The first-order valence-corrected chi connectivity index (χ1v) is 10.3. The monoisotopic (exact) mass is 396 g/mol. The molecule has 3 aromatic rings. The van der Waals surface area contributed by atoms with Crippen molar-refractivity contribution in [1.82, 2.24) is 19.5 Å². The van der Waals surface area contributed by atoms with Gasteiger partial charge in [-0.05, 0) is 51.0 Å². The van der Waals surface area contributed by atoms with E-state index in [2.05, 4.69) is 54.1 Å². The van der Waals surface area contributed by atoms with E-state index in [9.17, 15) is 0 Å². The number of hydrogen-bond donors (Lipinski definition) is 0. The number of benzene rings is 1. The summed E-state index contributed by atoms with van der Waals surface area (Å²) in [7, 11) is 5.76. The highest BCUT2D eigenvalue weighted by molar-refractivity contribution is 5.87. The molecule has 7 nitrogen and oxygen atoms in total. The highest BCUT2D eigenvalue weighted by Crippen LogP contribution is 2.32. The van der Waals surface area contributed by atoms with Crippen LogP contribution in [0.3, 0.4) is 0 Å². The minimum atomic E-state index is 0.264. The summed E-state index contributed by atoms with van der Waals surface area (Å²) in [5.74, 6) is 2.35. The van der Waals surface area contributed by atoms with Gasteiger partial charge in [0, 0.05) is 31.9 Å². The second kappa shape index (κ2) is 8.68. The molecule has 29 heavy (non-hydrogen) atoms. The van der Waals surface area contributed by atoms with Crippen LogP contribution in [-0.2, 0) is 0 Å². The van der Waals surface area contributed by atoms with E-state index in [1.54, 1.807) is 7.11 Å². The molecule has 0 bridgehead atoms. The summed E-state index contributed by atoms with van der Waals surface area (Å²) in [6.07, 6.45) is 3.94. The number of nitrogens with zero attached hydrogens (tertiary/aromatic N) is 6. The van der Waals surface area contributed by atoms with Crippen molar-refractivity contribution >= 4 is 28.6 Å². The van der Waals surface area contributed by atoms with E-state index in [0.29, 0.717) is 6.04 Å². The molecule has 1 aromatic carbocycles. The van der Waals surface area contributed by atoms with E-state index in [4.69, 9.17) is 14.7 Å². The Labute approximate surface area is 173 Å². The first-order chi connectivity index (χ1) is 13.9. The van der Waals surface area contributed by atoms with E-state index in [1.165, 1.54) is 0 Å². The Morgan fingerprint density at radius 3 is 2.24 bits per heavy atom. The van der Waals surface area contributed by atoms with Crippen LogP contribution >= 0.6 is 0 Å². The van der Waals surface area contributed by atoms with Crippen LogP contribution in [0.4, 0.5) is 17.5 Å². The van der Waals surface area contributed by atoms with Crippen LogP contribution < -0.4 is 14.5 Å². The third kappa shape index (κ3) is 3.99. The molecule has 7 heteroatoms. The van der Waals surface area contributed by atoms with Crippen molar-refractivity contribution in [2.24, 2.45) is 0 Å². The van der Waals surface area contributed by atoms with Gasteiger partial charge in [-0.15, -0.1) is 0 Å². The highest BCUT2D eigenvalue weighted by atomic mass is 16.5. The molecule has 0 saturated heterocycles. The number of imidazole rings is 1. The van der Waals surface area contributed by atoms with E-state index < -0.39 is 0 Å². The van der Waals surface area contributed by atoms with Gasteiger partial charge < -0.3 is 19.1 Å². The molecule has 0 radical (unpaired) electrons. The molecule has 2 aromatic heterocycles. The maximum Gasteiger partial charge on any atom is 0.229 e. The zero-order valence-corrected chi connectivity index (χ0v) is 18.5. The van der Waals surface area contributed by atoms with Gasteiger partial charge in [-0.25, -0.2) is 4.98 Å². The maximum atomic E-state index is 5.29. The molecule has 0 aliphatic heterocycles. The van der Waals surface area contributed by atoms with Crippen molar-refractivity contribution in [3.8, 4) is 5.75 Å². The average Bonchev–Trinajstić information content (AvgIpc) is 3.17. The van der Waals surface area contributed by atoms with Gasteiger partial charge in [0.25, 0.3) is 0 Å². The average molecular weight is 397 g/mol. The molecule has 0 unspecified atom stereocenters. The predicted octanol–water partition coefficient (Wildman–Crippen LogP) is 4.81. The van der Waals surface area contributed by atoms with Crippen LogP contribution in [-0.4, -0.2) is 46.8 Å². The number of ether oxygens (including phenoxy) is 1. The smallest absolute Gasteiger partial charge is 0.229 e. The van der Waals surface area contributed by atoms with Gasteiger partial charge in [-0.2, -0.15) is 9.97 Å². The molecule has 0 spiro atoms. The number of methoxy groups -OCH3 is 1. The molecular weight excluding hydrogens is 364 g/mol. The van der Waals surface area contributed by atoms with Gasteiger partial charge in [-0.1, -0.05) is 13.8 Å². The third-order valence-electron chi connectivity index (χ3n) is 5.53. The summed E-state index contributed by atoms with van der Waals surface area (Å²) >= 11 is 0. The summed E-state index contributed by atoms with van der Waals surface area (Å²) in [4.78, 5) is 18.8. The largest absolute Gasteiger partial charge is 0.497 e. The normalized spacial score (nSPS) is 11.5. The summed E-state index contributed by atoms with van der Waals surface area (Å²) in [5.41, 5.74) is 2.68. The van der Waals surface area contributed by atoms with Crippen molar-refractivity contribution < 1.29 is 4.74 Å². The Kier molecular flexibility index (Phi) is 6.25. The Morgan fingerprint density at radius 1 is 1.03 bits per heavy atom. The second-order valence-electron chi connectivity index (χ2n) is 7.60. The summed E-state index contributed by atoms with van der Waals surface area (Å²) < 4.78 is 7.39. The second-order valence-corrected chi connectivity index (χ2v) is 7.60. The molecular formula is C22H32N6O. The lowest BCUT2D eigenvalue weighted by molar-refractivity contribution is 0.415. The molecule has 0 aliphatic carbocycles. The number of rotatable bonds is 8. The zero-order chi connectivity index (χ0) is 21.1. The van der Waals surface area contributed by atoms with Gasteiger partial charge in [0.1, 0.15) is 5.75 Å². The molecule has 156 valence electrons. The van der Waals surface area contributed by atoms with Gasteiger partial charge in [0.2, 0.25) is 5.95 Å². The number of aromatic nitrogens is 4. The lowest BCUT2D eigenvalue weighted by Crippen LogP contribution is -2.32. The molecule has 0 fully saturated rings. The minimum Gasteiger partial charge on any atom is -0.497 e. The number of hydrogen-bond acceptors (Lipinski definition) is 6. The van der Waals surface area contributed by atoms with Crippen molar-refractivity contribution in [1.29, 1.82) is 0 Å². The van der Waals surface area contributed by atoms with Crippen LogP contribution in [0.1, 0.15) is 46.6 Å². The molecule has 0 amide bonds. The Bertz CT molecular complexity index is 946. The summed E-state index contributed by atoms with van der Waals surface area (Å²) in [6.45, 7) is 8.68. The predicted molar refractivity (Wildman–Crippen MR) is 120 cm³/mol. The molecule has 0 saturated carbocycles. The van der Waals surface area contributed by atoms with Crippen molar-refractivity contribution in [3.63, 3.8) is 0 Å². The summed E-state index contributed by atoms with van der Waals surface area (Å²) in [6, 6.07) is 8.61. The van der Waals surface area contributed by atoms with E-state index in [-0.39, 0.29) is 6.04 Å². The van der Waals surface area contributed by atoms with Crippen LogP contribution in [0, 0.1) is 0 Å². The van der Waals surface area contributed by atoms with Gasteiger partial charge in [0.05, 0.1) is 13.4 Å². The Balaban J connectivity index is 2.15. The van der Waals surface area contributed by atoms with Gasteiger partial charge in [-0.3, -0.25) is 0 Å². The minimum absolute atomic E-state index is 0.264. The Morgan fingerprint density at radius 2 is 1.69 bits per heavy atom. The van der Waals surface area contributed by atoms with Crippen LogP contribution in [0.25, 0.3) is 11.2 Å². The third-order valence-corrected chi connectivity index (χ3v) is 5.53. The first-order valence-electron chi connectivity index (χ1n) is 10.3. The van der Waals surface area contributed by atoms with Crippen LogP contribution in [0.15, 0.2) is 30.6 Å². The quantitative estimate of drug-likeness (QED) is 0.545. The number of fused-ring (bicyclic) bond motifs is 1. The zero-order valence-electron chi connectivity index (χ0n) is 18.5. The molecule has 0 N–H and O–H groups in total. The van der Waals surface area contributed by atoms with Crippen molar-refractivity contribution in [3.05, 3.63) is 30.6 Å². The van der Waals surface area contributed by atoms with E-state index >= 15 is 0 Å². The van der Waals surface area contributed by atoms with Crippen LogP contribution in [0.5, 0.6) is 5.75 Å². The maximum absolute atomic E-state index is 5.29. The van der Waals surface area contributed by atoms with E-state index in [0.717, 1.165) is 47.2 Å². The Hall–Kier alpha value is -2.83.